The zero-order valence-electron chi connectivity index (χ0n) is 26.3. The Bertz CT molecular complexity index is 1320. The molecule has 0 saturated carbocycles. The predicted molar refractivity (Wildman–Crippen MR) is 166 cm³/mol. The fourth-order valence-corrected chi connectivity index (χ4v) is 6.60. The summed E-state index contributed by atoms with van der Waals surface area (Å²) in [5.41, 5.74) is 2.41. The molecule has 2 fully saturated rings. The van der Waals surface area contributed by atoms with Crippen LogP contribution >= 0.6 is 0 Å². The first-order chi connectivity index (χ1) is 21.0. The van der Waals surface area contributed by atoms with Crippen LogP contribution in [0.25, 0.3) is 0 Å². The maximum atomic E-state index is 14.2. The number of piperazine rings is 1. The van der Waals surface area contributed by atoms with Gasteiger partial charge in [0, 0.05) is 62.3 Å². The number of amides is 2. The summed E-state index contributed by atoms with van der Waals surface area (Å²) in [5, 5.41) is 13.2. The molecule has 0 radical (unpaired) electrons. The number of hydrogen-bond donors (Lipinski definition) is 2. The molecule has 3 aliphatic heterocycles. The van der Waals surface area contributed by atoms with E-state index >= 15 is 0 Å². The molecule has 0 bridgehead atoms. The standard InChI is InChI=1S/C32H45FN6O5/c1-6-34-30-25(11-24-7-9-26(33)10-8-24)12-28-31(35-30)44-19-23(5)39(28)29(40)16-36-13-20(2)38(32(41)42)15-27(36)14-37-21(3)17-43-18-22(37)4/h7-10,12,20-23,27H,6,11,13-19H2,1-5H3,(H,34,35)(H,41,42)/t20-,21-,22-,23?,27+/m1/s1. The van der Waals surface area contributed by atoms with Gasteiger partial charge in [-0.3, -0.25) is 14.6 Å². The van der Waals surface area contributed by atoms with Gasteiger partial charge in [-0.05, 0) is 58.4 Å². The Morgan fingerprint density at radius 2 is 1.73 bits per heavy atom. The molecule has 1 aromatic heterocycles. The van der Waals surface area contributed by atoms with Gasteiger partial charge in [0.15, 0.2) is 0 Å². The van der Waals surface area contributed by atoms with Crippen molar-refractivity contribution in [2.24, 2.45) is 0 Å². The number of carbonyl (C=O) groups excluding carboxylic acids is 1. The van der Waals surface area contributed by atoms with E-state index in [1.807, 2.05) is 26.8 Å². The summed E-state index contributed by atoms with van der Waals surface area (Å²) in [5.74, 6) is 0.686. The van der Waals surface area contributed by atoms with E-state index in [0.717, 1.165) is 11.1 Å². The Kier molecular flexibility index (Phi) is 9.91. The van der Waals surface area contributed by atoms with Crippen molar-refractivity contribution in [3.05, 3.63) is 47.3 Å². The summed E-state index contributed by atoms with van der Waals surface area (Å²) < 4.78 is 25.3. The van der Waals surface area contributed by atoms with Crippen molar-refractivity contribution < 1.29 is 28.6 Å². The van der Waals surface area contributed by atoms with E-state index in [1.165, 1.54) is 17.0 Å². The molecule has 44 heavy (non-hydrogen) atoms. The van der Waals surface area contributed by atoms with E-state index in [2.05, 4.69) is 29.0 Å². The number of morpholine rings is 1. The number of carboxylic acid groups (broad SMARTS) is 1. The molecular formula is C32H45FN6O5. The highest BCUT2D eigenvalue weighted by Gasteiger charge is 2.40. The lowest BCUT2D eigenvalue weighted by Crippen LogP contribution is -2.65. The highest BCUT2D eigenvalue weighted by Crippen LogP contribution is 2.37. The maximum absolute atomic E-state index is 14.2. The quantitative estimate of drug-likeness (QED) is 0.463. The third-order valence-electron chi connectivity index (χ3n) is 8.94. The minimum atomic E-state index is -0.941. The number of aromatic nitrogens is 1. The van der Waals surface area contributed by atoms with E-state index in [0.29, 0.717) is 69.8 Å². The molecule has 3 aliphatic rings. The summed E-state index contributed by atoms with van der Waals surface area (Å²) in [7, 11) is 0. The Labute approximate surface area is 258 Å². The molecule has 2 amide bonds. The van der Waals surface area contributed by atoms with Gasteiger partial charge in [0.2, 0.25) is 11.8 Å². The number of hydrogen-bond acceptors (Lipinski definition) is 8. The first-order valence-electron chi connectivity index (χ1n) is 15.6. The zero-order chi connectivity index (χ0) is 31.5. The van der Waals surface area contributed by atoms with Crippen molar-refractivity contribution in [2.45, 2.75) is 71.2 Å². The van der Waals surface area contributed by atoms with Crippen LogP contribution in [0.3, 0.4) is 0 Å². The Balaban J connectivity index is 1.42. The smallest absolute Gasteiger partial charge is 0.407 e. The molecule has 11 nitrogen and oxygen atoms in total. The van der Waals surface area contributed by atoms with Gasteiger partial charge < -0.3 is 29.7 Å². The lowest BCUT2D eigenvalue weighted by atomic mass is 10.0. The van der Waals surface area contributed by atoms with Crippen LogP contribution in [0.1, 0.15) is 45.7 Å². The normalized spacial score (nSPS) is 26.2. The van der Waals surface area contributed by atoms with Gasteiger partial charge in [-0.15, -0.1) is 0 Å². The second kappa shape index (κ2) is 13.7. The number of nitrogens with zero attached hydrogens (tertiary/aromatic N) is 5. The Hall–Kier alpha value is -3.48. The highest BCUT2D eigenvalue weighted by atomic mass is 19.1. The number of carbonyl (C=O) groups is 2. The number of halogens is 1. The lowest BCUT2D eigenvalue weighted by Gasteiger charge is -2.48. The largest absolute Gasteiger partial charge is 0.474 e. The van der Waals surface area contributed by atoms with Crippen LogP contribution in [0.5, 0.6) is 5.88 Å². The molecule has 4 heterocycles. The minimum Gasteiger partial charge on any atom is -0.474 e. The van der Waals surface area contributed by atoms with Crippen LogP contribution in [0, 0.1) is 5.82 Å². The third-order valence-corrected chi connectivity index (χ3v) is 8.94. The summed E-state index contributed by atoms with van der Waals surface area (Å²) >= 11 is 0. The van der Waals surface area contributed by atoms with E-state index in [4.69, 9.17) is 14.5 Å². The molecule has 1 aromatic carbocycles. The van der Waals surface area contributed by atoms with E-state index in [1.54, 1.807) is 17.0 Å². The predicted octanol–water partition coefficient (Wildman–Crippen LogP) is 3.52. The third kappa shape index (κ3) is 6.92. The lowest BCUT2D eigenvalue weighted by molar-refractivity contribution is -0.122. The second-order valence-electron chi connectivity index (χ2n) is 12.4. The average Bonchev–Trinajstić information content (AvgIpc) is 2.97. The van der Waals surface area contributed by atoms with Gasteiger partial charge in [0.25, 0.3) is 0 Å². The van der Waals surface area contributed by atoms with Gasteiger partial charge in [0.1, 0.15) is 23.9 Å². The average molecular weight is 613 g/mol. The van der Waals surface area contributed by atoms with Gasteiger partial charge >= 0.3 is 6.09 Å². The topological polar surface area (TPSA) is 111 Å². The molecule has 2 aromatic rings. The van der Waals surface area contributed by atoms with E-state index in [-0.39, 0.29) is 48.5 Å². The molecule has 5 atom stereocenters. The Morgan fingerprint density at radius 1 is 1.02 bits per heavy atom. The molecular weight excluding hydrogens is 567 g/mol. The molecule has 0 aliphatic carbocycles. The maximum Gasteiger partial charge on any atom is 0.407 e. The van der Waals surface area contributed by atoms with Crippen LogP contribution in [-0.2, 0) is 16.0 Å². The molecule has 1 unspecified atom stereocenters. The first kappa shape index (κ1) is 31.9. The number of benzene rings is 1. The van der Waals surface area contributed by atoms with Gasteiger partial charge in [-0.1, -0.05) is 12.1 Å². The fraction of sp³-hybridized carbons (Fsp3) is 0.594. The SMILES string of the molecule is CCNc1nc2c(cc1Cc1ccc(F)cc1)N(C(=O)CN1C[C@@H](C)N(C(=O)O)C[C@@H]1CN1[C@H](C)COC[C@H]1C)C(C)CO2. The number of fused-ring (bicyclic) bond motifs is 1. The van der Waals surface area contributed by atoms with Crippen LogP contribution in [0.2, 0.25) is 0 Å². The van der Waals surface area contributed by atoms with E-state index < -0.39 is 6.09 Å². The van der Waals surface area contributed by atoms with Crippen molar-refractivity contribution in [1.29, 1.82) is 0 Å². The van der Waals surface area contributed by atoms with Crippen molar-refractivity contribution in [3.8, 4) is 5.88 Å². The highest BCUT2D eigenvalue weighted by molar-refractivity contribution is 5.97. The first-order valence-corrected chi connectivity index (χ1v) is 15.6. The molecule has 12 heteroatoms. The summed E-state index contributed by atoms with van der Waals surface area (Å²) in [6.07, 6.45) is -0.435. The van der Waals surface area contributed by atoms with Crippen molar-refractivity contribution in [3.63, 3.8) is 0 Å². The number of pyridine rings is 1. The number of rotatable bonds is 8. The van der Waals surface area contributed by atoms with Crippen LogP contribution in [-0.4, -0.2) is 120 Å². The Morgan fingerprint density at radius 3 is 2.39 bits per heavy atom. The minimum absolute atomic E-state index is 0.0863. The van der Waals surface area contributed by atoms with Gasteiger partial charge in [-0.2, -0.15) is 4.98 Å². The van der Waals surface area contributed by atoms with Gasteiger partial charge in [-0.25, -0.2) is 9.18 Å². The number of nitrogens with one attached hydrogen (secondary N) is 1. The van der Waals surface area contributed by atoms with Crippen LogP contribution < -0.4 is 15.0 Å². The monoisotopic (exact) mass is 612 g/mol. The second-order valence-corrected chi connectivity index (χ2v) is 12.4. The van der Waals surface area contributed by atoms with Crippen LogP contribution in [0.15, 0.2) is 30.3 Å². The zero-order valence-corrected chi connectivity index (χ0v) is 26.3. The molecule has 5 rings (SSSR count). The molecule has 240 valence electrons. The summed E-state index contributed by atoms with van der Waals surface area (Å²) in [4.78, 5) is 38.9. The van der Waals surface area contributed by atoms with Crippen molar-refractivity contribution in [2.75, 3.05) is 62.8 Å². The summed E-state index contributed by atoms with van der Waals surface area (Å²) in [6, 6.07) is 8.08. The van der Waals surface area contributed by atoms with Crippen LogP contribution in [0.4, 0.5) is 20.7 Å². The van der Waals surface area contributed by atoms with Crippen molar-refractivity contribution in [1.82, 2.24) is 19.7 Å². The van der Waals surface area contributed by atoms with Gasteiger partial charge in [0.05, 0.1) is 25.8 Å². The number of anilines is 2. The number of ether oxygens (including phenoxy) is 2. The molecule has 0 spiro atoms. The fourth-order valence-electron chi connectivity index (χ4n) is 6.60. The van der Waals surface area contributed by atoms with Crippen molar-refractivity contribution >= 4 is 23.5 Å². The molecule has 2 saturated heterocycles. The van der Waals surface area contributed by atoms with E-state index in [9.17, 15) is 19.1 Å². The summed E-state index contributed by atoms with van der Waals surface area (Å²) in [6.45, 7) is 13.8. The molecule has 2 N–H and O–H groups in total.